The van der Waals surface area contributed by atoms with Gasteiger partial charge in [-0.05, 0) is 31.9 Å². The van der Waals surface area contributed by atoms with Crippen LogP contribution in [-0.4, -0.2) is 51.6 Å². The molecular formula is C16H23N5O. The normalized spacial score (nSPS) is 25.2. The van der Waals surface area contributed by atoms with Crippen LogP contribution in [0.2, 0.25) is 0 Å². The predicted molar refractivity (Wildman–Crippen MR) is 83.1 cm³/mol. The lowest BCUT2D eigenvalue weighted by molar-refractivity contribution is 0.122. The van der Waals surface area contributed by atoms with Gasteiger partial charge in [-0.15, -0.1) is 0 Å². The van der Waals surface area contributed by atoms with E-state index in [0.29, 0.717) is 11.7 Å². The van der Waals surface area contributed by atoms with E-state index in [-0.39, 0.29) is 18.1 Å². The molecule has 1 N–H and O–H groups in total. The van der Waals surface area contributed by atoms with E-state index in [4.69, 9.17) is 5.26 Å². The van der Waals surface area contributed by atoms with Crippen LogP contribution in [0.1, 0.15) is 31.5 Å². The van der Waals surface area contributed by atoms with Crippen molar-refractivity contribution in [2.75, 3.05) is 13.1 Å². The first kappa shape index (κ1) is 14.9. The maximum absolute atomic E-state index is 12.1. The van der Waals surface area contributed by atoms with Crippen molar-refractivity contribution in [2.24, 2.45) is 7.05 Å². The van der Waals surface area contributed by atoms with Gasteiger partial charge in [-0.3, -0.25) is 4.90 Å². The highest BCUT2D eigenvalue weighted by molar-refractivity contribution is 5.78. The van der Waals surface area contributed by atoms with E-state index in [1.54, 1.807) is 0 Å². The largest absolute Gasteiger partial charge is 0.342 e. The van der Waals surface area contributed by atoms with Crippen molar-refractivity contribution in [2.45, 2.75) is 44.9 Å². The van der Waals surface area contributed by atoms with E-state index in [9.17, 15) is 4.79 Å². The van der Waals surface area contributed by atoms with Crippen molar-refractivity contribution in [1.82, 2.24) is 19.7 Å². The quantitative estimate of drug-likeness (QED) is 0.914. The average molecular weight is 301 g/mol. The number of aryl methyl sites for hydroxylation is 1. The number of carbonyl (C=O) groups is 1. The molecule has 2 fully saturated rings. The van der Waals surface area contributed by atoms with Gasteiger partial charge in [0.2, 0.25) is 0 Å². The summed E-state index contributed by atoms with van der Waals surface area (Å²) in [5, 5.41) is 12.2. The number of urea groups is 1. The van der Waals surface area contributed by atoms with Gasteiger partial charge in [0, 0.05) is 38.9 Å². The summed E-state index contributed by atoms with van der Waals surface area (Å²) in [6.45, 7) is 6.83. The molecule has 0 spiro atoms. The molecule has 118 valence electrons. The Morgan fingerprint density at radius 3 is 2.91 bits per heavy atom. The van der Waals surface area contributed by atoms with Crippen LogP contribution in [0, 0.1) is 11.3 Å². The first-order valence-electron chi connectivity index (χ1n) is 7.86. The minimum absolute atomic E-state index is 0.0679. The van der Waals surface area contributed by atoms with Crippen LogP contribution < -0.4 is 5.32 Å². The standard InChI is InChI=1S/C16H23N5O/c1-11(2)21-15-4-5-20(10-14(15)18-16(21)22)9-12-6-13(7-17)19(3)8-12/h6,8,11,14-15H,4-5,9-10H2,1-3H3,(H,18,22)/t14-,15+/m1/s1. The zero-order valence-electron chi connectivity index (χ0n) is 13.4. The Balaban J connectivity index is 1.65. The van der Waals surface area contributed by atoms with E-state index in [1.807, 2.05) is 28.8 Å². The molecule has 0 unspecified atom stereocenters. The van der Waals surface area contributed by atoms with Crippen LogP contribution in [0.25, 0.3) is 0 Å². The summed E-state index contributed by atoms with van der Waals surface area (Å²) >= 11 is 0. The smallest absolute Gasteiger partial charge is 0.318 e. The SMILES string of the molecule is CC(C)N1C(=O)N[C@@H]2CN(Cc3cc(C#N)n(C)c3)CC[C@@H]21. The molecule has 6 nitrogen and oxygen atoms in total. The van der Waals surface area contributed by atoms with Crippen LogP contribution >= 0.6 is 0 Å². The second-order valence-corrected chi connectivity index (χ2v) is 6.60. The molecule has 2 aliphatic rings. The number of nitrogens with one attached hydrogen (secondary N) is 1. The average Bonchev–Trinajstić information content (AvgIpc) is 2.97. The summed E-state index contributed by atoms with van der Waals surface area (Å²) in [5.41, 5.74) is 1.84. The number of piperidine rings is 1. The highest BCUT2D eigenvalue weighted by Crippen LogP contribution is 2.25. The molecule has 6 heteroatoms. The zero-order chi connectivity index (χ0) is 15.9. The highest BCUT2D eigenvalue weighted by Gasteiger charge is 2.43. The summed E-state index contributed by atoms with van der Waals surface area (Å²) in [7, 11) is 1.89. The third-order valence-electron chi connectivity index (χ3n) is 4.70. The monoisotopic (exact) mass is 301 g/mol. The fourth-order valence-electron chi connectivity index (χ4n) is 3.72. The Hall–Kier alpha value is -2.00. The number of fused-ring (bicyclic) bond motifs is 1. The molecular weight excluding hydrogens is 278 g/mol. The molecule has 0 aliphatic carbocycles. The minimum atomic E-state index is 0.0679. The lowest BCUT2D eigenvalue weighted by atomic mass is 9.98. The Morgan fingerprint density at radius 2 is 2.27 bits per heavy atom. The fraction of sp³-hybridized carbons (Fsp3) is 0.625. The first-order valence-corrected chi connectivity index (χ1v) is 7.86. The van der Waals surface area contributed by atoms with Crippen molar-refractivity contribution in [1.29, 1.82) is 5.26 Å². The number of nitriles is 1. The zero-order valence-corrected chi connectivity index (χ0v) is 13.4. The molecule has 2 atom stereocenters. The Kier molecular flexibility index (Phi) is 3.83. The van der Waals surface area contributed by atoms with Crippen LogP contribution in [0.4, 0.5) is 4.79 Å². The molecule has 0 saturated carbocycles. The first-order chi connectivity index (χ1) is 10.5. The number of rotatable bonds is 3. The van der Waals surface area contributed by atoms with Gasteiger partial charge in [0.05, 0.1) is 12.1 Å². The van der Waals surface area contributed by atoms with Gasteiger partial charge in [0.25, 0.3) is 0 Å². The van der Waals surface area contributed by atoms with Gasteiger partial charge in [0.15, 0.2) is 0 Å². The van der Waals surface area contributed by atoms with Crippen molar-refractivity contribution in [3.05, 3.63) is 23.5 Å². The van der Waals surface area contributed by atoms with Crippen LogP contribution in [0.15, 0.2) is 12.3 Å². The van der Waals surface area contributed by atoms with Crippen LogP contribution in [0.5, 0.6) is 0 Å². The number of likely N-dealkylation sites (tertiary alicyclic amines) is 1. The predicted octanol–water partition coefficient (Wildman–Crippen LogP) is 1.27. The molecule has 0 bridgehead atoms. The van der Waals surface area contributed by atoms with E-state index >= 15 is 0 Å². The lowest BCUT2D eigenvalue weighted by Gasteiger charge is -2.37. The highest BCUT2D eigenvalue weighted by atomic mass is 16.2. The molecule has 22 heavy (non-hydrogen) atoms. The molecule has 0 aromatic carbocycles. The Bertz CT molecular complexity index is 615. The van der Waals surface area contributed by atoms with Gasteiger partial charge < -0.3 is 14.8 Å². The lowest BCUT2D eigenvalue weighted by Crippen LogP contribution is -2.51. The molecule has 0 radical (unpaired) electrons. The summed E-state index contributed by atoms with van der Waals surface area (Å²) in [6.07, 6.45) is 3.01. The second-order valence-electron chi connectivity index (χ2n) is 6.60. The van der Waals surface area contributed by atoms with Crippen molar-refractivity contribution >= 4 is 6.03 Å². The molecule has 1 aromatic heterocycles. The molecule has 1 aromatic rings. The van der Waals surface area contributed by atoms with Crippen molar-refractivity contribution in [3.8, 4) is 6.07 Å². The van der Waals surface area contributed by atoms with Crippen molar-refractivity contribution < 1.29 is 4.79 Å². The maximum atomic E-state index is 12.1. The Morgan fingerprint density at radius 1 is 1.50 bits per heavy atom. The fourth-order valence-corrected chi connectivity index (χ4v) is 3.72. The number of aromatic nitrogens is 1. The van der Waals surface area contributed by atoms with Gasteiger partial charge in [-0.2, -0.15) is 5.26 Å². The summed E-state index contributed by atoms with van der Waals surface area (Å²) in [5.74, 6) is 0. The number of hydrogen-bond donors (Lipinski definition) is 1. The van der Waals surface area contributed by atoms with E-state index < -0.39 is 0 Å². The third kappa shape index (κ3) is 2.57. The topological polar surface area (TPSA) is 64.3 Å². The third-order valence-corrected chi connectivity index (χ3v) is 4.70. The van der Waals surface area contributed by atoms with Gasteiger partial charge in [-0.1, -0.05) is 0 Å². The number of hydrogen-bond acceptors (Lipinski definition) is 3. The maximum Gasteiger partial charge on any atom is 0.318 e. The summed E-state index contributed by atoms with van der Waals surface area (Å²) in [4.78, 5) is 16.4. The van der Waals surface area contributed by atoms with Crippen LogP contribution in [-0.2, 0) is 13.6 Å². The number of amides is 2. The van der Waals surface area contributed by atoms with Gasteiger partial charge in [-0.25, -0.2) is 4.79 Å². The molecule has 3 rings (SSSR count). The van der Waals surface area contributed by atoms with Gasteiger partial charge >= 0.3 is 6.03 Å². The van der Waals surface area contributed by atoms with Crippen molar-refractivity contribution in [3.63, 3.8) is 0 Å². The number of carbonyl (C=O) groups excluding carboxylic acids is 1. The van der Waals surface area contributed by atoms with Crippen LogP contribution in [0.3, 0.4) is 0 Å². The molecule has 2 aliphatic heterocycles. The van der Waals surface area contributed by atoms with E-state index in [1.165, 1.54) is 0 Å². The summed E-state index contributed by atoms with van der Waals surface area (Å²) < 4.78 is 1.86. The van der Waals surface area contributed by atoms with E-state index in [0.717, 1.165) is 31.6 Å². The minimum Gasteiger partial charge on any atom is -0.342 e. The molecule has 2 amide bonds. The van der Waals surface area contributed by atoms with Gasteiger partial charge in [0.1, 0.15) is 11.8 Å². The molecule has 2 saturated heterocycles. The Labute approximate surface area is 131 Å². The molecule has 3 heterocycles. The van der Waals surface area contributed by atoms with E-state index in [2.05, 4.69) is 30.1 Å². The number of nitrogens with zero attached hydrogens (tertiary/aromatic N) is 4. The summed E-state index contributed by atoms with van der Waals surface area (Å²) in [6, 6.07) is 4.98. The second kappa shape index (κ2) is 5.65.